The molecule has 1 rings (SSSR count). The Labute approximate surface area is 53.5 Å². The Bertz CT molecular complexity index is 188. The first-order chi connectivity index (χ1) is 4.43. The summed E-state index contributed by atoms with van der Waals surface area (Å²) >= 11 is 0. The van der Waals surface area contributed by atoms with Crippen LogP contribution in [-0.2, 0) is 0 Å². The van der Waals surface area contributed by atoms with Crippen molar-refractivity contribution < 1.29 is 0 Å². The van der Waals surface area contributed by atoms with Crippen LogP contribution in [0.3, 0.4) is 0 Å². The molecule has 0 aliphatic carbocycles. The topological polar surface area (TPSA) is 36.8 Å². The van der Waals surface area contributed by atoms with Crippen molar-refractivity contribution in [3.63, 3.8) is 0 Å². The third kappa shape index (κ3) is 1.53. The fourth-order valence-corrected chi connectivity index (χ4v) is 0.505. The Morgan fingerprint density at radius 1 is 1.78 bits per heavy atom. The van der Waals surface area contributed by atoms with E-state index in [1.807, 2.05) is 6.08 Å². The van der Waals surface area contributed by atoms with Crippen LogP contribution in [0.4, 0.5) is 0 Å². The second-order valence-electron chi connectivity index (χ2n) is 1.51. The van der Waals surface area contributed by atoms with E-state index >= 15 is 0 Å². The first-order valence-electron chi connectivity index (χ1n) is 2.54. The van der Waals surface area contributed by atoms with Crippen LogP contribution in [0.25, 0.3) is 0 Å². The zero-order valence-corrected chi connectivity index (χ0v) is 4.91. The first kappa shape index (κ1) is 5.75. The fraction of sp³-hybridized carbons (Fsp3) is 0. The highest BCUT2D eigenvalue weighted by Gasteiger charge is 1.88. The first-order valence-corrected chi connectivity index (χ1v) is 2.54. The third-order valence-electron chi connectivity index (χ3n) is 0.876. The van der Waals surface area contributed by atoms with Crippen molar-refractivity contribution in [1.29, 1.82) is 0 Å². The minimum atomic E-state index is 0.903. The molecule has 0 aromatic rings. The van der Waals surface area contributed by atoms with Crippen LogP contribution >= 0.6 is 0 Å². The summed E-state index contributed by atoms with van der Waals surface area (Å²) in [5.41, 5.74) is 0.903. The molecule has 0 amide bonds. The number of nitrogens with one attached hydrogen (secondary N) is 1. The highest BCUT2D eigenvalue weighted by atomic mass is 15.0. The maximum Gasteiger partial charge on any atom is 0.0923 e. The molecule has 1 aliphatic rings. The molecule has 0 radical (unpaired) electrons. The number of rotatable bonds is 1. The van der Waals surface area contributed by atoms with E-state index in [0.717, 1.165) is 5.70 Å². The molecule has 0 aromatic carbocycles. The molecule has 3 heteroatoms. The van der Waals surface area contributed by atoms with Crippen LogP contribution < -0.4 is 5.32 Å². The Morgan fingerprint density at radius 3 is 3.22 bits per heavy atom. The van der Waals surface area contributed by atoms with Gasteiger partial charge in [-0.05, 0) is 12.8 Å². The van der Waals surface area contributed by atoms with Gasteiger partial charge in [0.25, 0.3) is 0 Å². The van der Waals surface area contributed by atoms with Crippen molar-refractivity contribution in [2.45, 2.75) is 0 Å². The van der Waals surface area contributed by atoms with E-state index in [1.165, 1.54) is 0 Å². The Balaban J connectivity index is 2.65. The number of hydrogen-bond acceptors (Lipinski definition) is 3. The largest absolute Gasteiger partial charge is 0.345 e. The Morgan fingerprint density at radius 2 is 2.67 bits per heavy atom. The van der Waals surface area contributed by atoms with Crippen molar-refractivity contribution in [1.82, 2.24) is 5.32 Å². The van der Waals surface area contributed by atoms with Crippen LogP contribution in [0.15, 0.2) is 34.2 Å². The second kappa shape index (κ2) is 2.81. The van der Waals surface area contributed by atoms with E-state index in [4.69, 9.17) is 0 Å². The van der Waals surface area contributed by atoms with Crippen LogP contribution in [0.2, 0.25) is 0 Å². The van der Waals surface area contributed by atoms with Gasteiger partial charge in [-0.3, -0.25) is 4.99 Å². The lowest BCUT2D eigenvalue weighted by Crippen LogP contribution is -2.10. The minimum Gasteiger partial charge on any atom is -0.345 e. The van der Waals surface area contributed by atoms with Gasteiger partial charge in [0, 0.05) is 12.4 Å². The molecule has 1 heterocycles. The van der Waals surface area contributed by atoms with Crippen molar-refractivity contribution in [2.75, 3.05) is 0 Å². The van der Waals surface area contributed by atoms with Gasteiger partial charge in [0.15, 0.2) is 0 Å². The molecule has 0 spiro atoms. The molecule has 3 nitrogen and oxygen atoms in total. The Kier molecular flexibility index (Phi) is 1.80. The molecule has 0 saturated carbocycles. The highest BCUT2D eigenvalue weighted by molar-refractivity contribution is 5.61. The number of nitrogens with zero attached hydrogens (tertiary/aromatic N) is 2. The number of hydrogen-bond donors (Lipinski definition) is 1. The van der Waals surface area contributed by atoms with Gasteiger partial charge in [0.2, 0.25) is 0 Å². The molecule has 1 N–H and O–H groups in total. The summed E-state index contributed by atoms with van der Waals surface area (Å²) < 4.78 is 0. The summed E-state index contributed by atoms with van der Waals surface area (Å²) in [5, 5.41) is 2.87. The highest BCUT2D eigenvalue weighted by Crippen LogP contribution is 1.94. The van der Waals surface area contributed by atoms with Gasteiger partial charge >= 0.3 is 0 Å². The van der Waals surface area contributed by atoms with E-state index in [0.29, 0.717) is 0 Å². The van der Waals surface area contributed by atoms with Crippen molar-refractivity contribution >= 4 is 13.1 Å². The monoisotopic (exact) mass is 121 g/mol. The smallest absolute Gasteiger partial charge is 0.0923 e. The van der Waals surface area contributed by atoms with E-state index in [2.05, 4.69) is 22.0 Å². The molecule has 46 valence electrons. The van der Waals surface area contributed by atoms with Crippen molar-refractivity contribution in [2.24, 2.45) is 9.98 Å². The fourth-order valence-electron chi connectivity index (χ4n) is 0.505. The lowest BCUT2D eigenvalue weighted by Gasteiger charge is -2.00. The van der Waals surface area contributed by atoms with Crippen LogP contribution in [0.5, 0.6) is 0 Å². The van der Waals surface area contributed by atoms with Gasteiger partial charge in [-0.15, -0.1) is 0 Å². The van der Waals surface area contributed by atoms with E-state index < -0.39 is 0 Å². The normalized spacial score (nSPS) is 19.8. The zero-order chi connectivity index (χ0) is 6.53. The van der Waals surface area contributed by atoms with Crippen LogP contribution in [0, 0.1) is 0 Å². The van der Waals surface area contributed by atoms with Crippen molar-refractivity contribution in [3.8, 4) is 0 Å². The van der Waals surface area contributed by atoms with Gasteiger partial charge in [0.05, 0.1) is 12.0 Å². The summed E-state index contributed by atoms with van der Waals surface area (Å²) in [4.78, 5) is 7.36. The minimum absolute atomic E-state index is 0.903. The third-order valence-corrected chi connectivity index (χ3v) is 0.876. The van der Waals surface area contributed by atoms with Crippen LogP contribution in [0.1, 0.15) is 0 Å². The average Bonchev–Trinajstić information content (AvgIpc) is 1.91. The average molecular weight is 121 g/mol. The van der Waals surface area contributed by atoms with Gasteiger partial charge < -0.3 is 5.32 Å². The predicted octanol–water partition coefficient (Wildman–Crippen LogP) is 0.674. The standard InChI is InChI=1S/C6H7N3/c1-7-4-6-2-3-8-5-9-6/h2-5H,1H2,(H,8,9)/b6-4-. The lowest BCUT2D eigenvalue weighted by molar-refractivity contribution is 1.16. The molecule has 0 bridgehead atoms. The summed E-state index contributed by atoms with van der Waals surface area (Å²) in [5.74, 6) is 0. The molecule has 0 fully saturated rings. The number of aliphatic imine (C=N–C) groups is 2. The molecule has 9 heavy (non-hydrogen) atoms. The number of allylic oxidation sites excluding steroid dienone is 1. The van der Waals surface area contributed by atoms with Gasteiger partial charge in [-0.1, -0.05) is 0 Å². The molecule has 1 aliphatic heterocycles. The van der Waals surface area contributed by atoms with Gasteiger partial charge in [-0.25, -0.2) is 4.99 Å². The summed E-state index contributed by atoms with van der Waals surface area (Å²) in [6.45, 7) is 3.31. The van der Waals surface area contributed by atoms with Gasteiger partial charge in [0.1, 0.15) is 0 Å². The molecule has 0 aromatic heterocycles. The molecule has 0 saturated heterocycles. The van der Waals surface area contributed by atoms with E-state index in [9.17, 15) is 0 Å². The molecular formula is C6H7N3. The van der Waals surface area contributed by atoms with Crippen LogP contribution in [-0.4, -0.2) is 13.1 Å². The second-order valence-corrected chi connectivity index (χ2v) is 1.51. The summed E-state index contributed by atoms with van der Waals surface area (Å²) in [6, 6.07) is 0. The molecule has 0 atom stereocenters. The zero-order valence-electron chi connectivity index (χ0n) is 4.91. The Hall–Kier alpha value is -1.38. The van der Waals surface area contributed by atoms with Crippen molar-refractivity contribution in [3.05, 3.63) is 24.2 Å². The maximum absolute atomic E-state index is 3.79. The van der Waals surface area contributed by atoms with E-state index in [-0.39, 0.29) is 0 Å². The molecular weight excluding hydrogens is 114 g/mol. The SMILES string of the molecule is C=N/C=C1/C=CN=CN1. The van der Waals surface area contributed by atoms with E-state index in [1.54, 1.807) is 18.7 Å². The van der Waals surface area contributed by atoms with Gasteiger partial charge in [-0.2, -0.15) is 0 Å². The quantitative estimate of drug-likeness (QED) is 0.509. The lowest BCUT2D eigenvalue weighted by atomic mass is 10.4. The molecule has 0 unspecified atom stereocenters. The summed E-state index contributed by atoms with van der Waals surface area (Å²) in [6.07, 6.45) is 6.72. The maximum atomic E-state index is 3.79. The summed E-state index contributed by atoms with van der Waals surface area (Å²) in [7, 11) is 0. The predicted molar refractivity (Wildman–Crippen MR) is 38.4 cm³/mol.